The predicted octanol–water partition coefficient (Wildman–Crippen LogP) is 2.96. The van der Waals surface area contributed by atoms with Crippen molar-refractivity contribution < 1.29 is 4.79 Å². The lowest BCUT2D eigenvalue weighted by atomic mass is 9.87. The summed E-state index contributed by atoms with van der Waals surface area (Å²) in [6.45, 7) is 2.06. The number of hydrogen-bond donors (Lipinski definition) is 0. The van der Waals surface area contributed by atoms with E-state index in [1.165, 1.54) is 25.7 Å². The Morgan fingerprint density at radius 3 is 2.69 bits per heavy atom. The van der Waals surface area contributed by atoms with E-state index in [0.29, 0.717) is 0 Å². The van der Waals surface area contributed by atoms with Gasteiger partial charge in [0.2, 0.25) is 0 Å². The van der Waals surface area contributed by atoms with Crippen LogP contribution >= 0.6 is 0 Å². The fourth-order valence-electron chi connectivity index (χ4n) is 3.01. The molecule has 0 spiro atoms. The van der Waals surface area contributed by atoms with E-state index in [9.17, 15) is 4.79 Å². The molecule has 3 unspecified atom stereocenters. The average Bonchev–Trinajstić information content (AvgIpc) is 2.75. The van der Waals surface area contributed by atoms with Crippen LogP contribution in [-0.4, -0.2) is 6.29 Å². The Balaban J connectivity index is 2.02. The minimum Gasteiger partial charge on any atom is -0.298 e. The Morgan fingerprint density at radius 2 is 2.23 bits per heavy atom. The SMILES string of the molecule is CC/C(C=O)=C/C1CC2CCC1C2. The van der Waals surface area contributed by atoms with Crippen molar-refractivity contribution in [2.24, 2.45) is 17.8 Å². The lowest BCUT2D eigenvalue weighted by Gasteiger charge is -2.18. The van der Waals surface area contributed by atoms with E-state index >= 15 is 0 Å². The quantitative estimate of drug-likeness (QED) is 0.479. The second kappa shape index (κ2) is 3.65. The molecule has 0 aromatic heterocycles. The molecule has 2 rings (SSSR count). The summed E-state index contributed by atoms with van der Waals surface area (Å²) in [6, 6.07) is 0. The largest absolute Gasteiger partial charge is 0.298 e. The Kier molecular flexibility index (Phi) is 2.52. The number of allylic oxidation sites excluding steroid dienone is 2. The van der Waals surface area contributed by atoms with Gasteiger partial charge >= 0.3 is 0 Å². The summed E-state index contributed by atoms with van der Waals surface area (Å²) in [6.07, 6.45) is 9.80. The zero-order valence-electron chi connectivity index (χ0n) is 8.33. The number of aldehydes is 1. The average molecular weight is 178 g/mol. The Labute approximate surface area is 80.2 Å². The van der Waals surface area contributed by atoms with Crippen LogP contribution in [0.3, 0.4) is 0 Å². The molecule has 3 atom stereocenters. The van der Waals surface area contributed by atoms with Gasteiger partial charge in [0.15, 0.2) is 0 Å². The highest BCUT2D eigenvalue weighted by atomic mass is 16.1. The van der Waals surface area contributed by atoms with Crippen LogP contribution in [0.2, 0.25) is 0 Å². The summed E-state index contributed by atoms with van der Waals surface area (Å²) in [5, 5.41) is 0. The molecule has 0 N–H and O–H groups in total. The van der Waals surface area contributed by atoms with Gasteiger partial charge in [-0.25, -0.2) is 0 Å². The normalized spacial score (nSPS) is 38.2. The van der Waals surface area contributed by atoms with Crippen LogP contribution in [-0.2, 0) is 4.79 Å². The van der Waals surface area contributed by atoms with Crippen molar-refractivity contribution in [3.8, 4) is 0 Å². The van der Waals surface area contributed by atoms with E-state index < -0.39 is 0 Å². The van der Waals surface area contributed by atoms with Gasteiger partial charge in [-0.05, 0) is 49.0 Å². The number of carbonyl (C=O) groups excluding carboxylic acids is 1. The topological polar surface area (TPSA) is 17.1 Å². The Bertz CT molecular complexity index is 229. The van der Waals surface area contributed by atoms with Crippen LogP contribution in [0.5, 0.6) is 0 Å². The molecule has 2 fully saturated rings. The molecule has 0 saturated heterocycles. The minimum atomic E-state index is 0.735. The maximum absolute atomic E-state index is 10.7. The van der Waals surface area contributed by atoms with Crippen molar-refractivity contribution in [2.45, 2.75) is 39.0 Å². The van der Waals surface area contributed by atoms with E-state index in [1.54, 1.807) is 0 Å². The molecule has 0 aromatic rings. The highest BCUT2D eigenvalue weighted by Crippen LogP contribution is 2.49. The van der Waals surface area contributed by atoms with Crippen LogP contribution < -0.4 is 0 Å². The van der Waals surface area contributed by atoms with E-state index in [1.807, 2.05) is 0 Å². The van der Waals surface area contributed by atoms with Gasteiger partial charge in [0.1, 0.15) is 6.29 Å². The first-order chi connectivity index (χ1) is 6.33. The van der Waals surface area contributed by atoms with Crippen LogP contribution in [0.15, 0.2) is 11.6 Å². The van der Waals surface area contributed by atoms with Crippen molar-refractivity contribution in [1.29, 1.82) is 0 Å². The Morgan fingerprint density at radius 1 is 1.38 bits per heavy atom. The van der Waals surface area contributed by atoms with Gasteiger partial charge < -0.3 is 0 Å². The third kappa shape index (κ3) is 1.70. The molecule has 2 saturated carbocycles. The second-order valence-corrected chi connectivity index (χ2v) is 4.55. The van der Waals surface area contributed by atoms with Crippen LogP contribution in [0, 0.1) is 17.8 Å². The summed E-state index contributed by atoms with van der Waals surface area (Å²) >= 11 is 0. The first-order valence-electron chi connectivity index (χ1n) is 5.49. The molecule has 0 radical (unpaired) electrons. The molecule has 2 aliphatic carbocycles. The summed E-state index contributed by atoms with van der Waals surface area (Å²) in [5.74, 6) is 2.63. The zero-order chi connectivity index (χ0) is 9.26. The fourth-order valence-corrected chi connectivity index (χ4v) is 3.01. The first-order valence-corrected chi connectivity index (χ1v) is 5.49. The van der Waals surface area contributed by atoms with Gasteiger partial charge in [-0.1, -0.05) is 19.4 Å². The molecule has 0 heterocycles. The van der Waals surface area contributed by atoms with Crippen molar-refractivity contribution in [3.63, 3.8) is 0 Å². The molecule has 2 bridgehead atoms. The van der Waals surface area contributed by atoms with Crippen molar-refractivity contribution in [2.75, 3.05) is 0 Å². The van der Waals surface area contributed by atoms with Crippen molar-refractivity contribution in [3.05, 3.63) is 11.6 Å². The maximum atomic E-state index is 10.7. The van der Waals surface area contributed by atoms with Crippen LogP contribution in [0.1, 0.15) is 39.0 Å². The van der Waals surface area contributed by atoms with Gasteiger partial charge in [-0.2, -0.15) is 0 Å². The van der Waals surface area contributed by atoms with Crippen LogP contribution in [0.25, 0.3) is 0 Å². The molecular formula is C12H18O. The van der Waals surface area contributed by atoms with E-state index in [-0.39, 0.29) is 0 Å². The fraction of sp³-hybridized carbons (Fsp3) is 0.750. The second-order valence-electron chi connectivity index (χ2n) is 4.55. The Hall–Kier alpha value is -0.590. The molecule has 0 aliphatic heterocycles. The van der Waals surface area contributed by atoms with E-state index in [0.717, 1.165) is 36.0 Å². The van der Waals surface area contributed by atoms with Gasteiger partial charge in [0.25, 0.3) is 0 Å². The highest BCUT2D eigenvalue weighted by Gasteiger charge is 2.38. The molecule has 1 nitrogen and oxygen atoms in total. The number of fused-ring (bicyclic) bond motifs is 2. The summed E-state index contributed by atoms with van der Waals surface area (Å²) in [7, 11) is 0. The smallest absolute Gasteiger partial charge is 0.145 e. The molecule has 13 heavy (non-hydrogen) atoms. The third-order valence-electron chi connectivity index (χ3n) is 3.78. The van der Waals surface area contributed by atoms with Gasteiger partial charge in [0, 0.05) is 0 Å². The van der Waals surface area contributed by atoms with E-state index in [2.05, 4.69) is 13.0 Å². The standard InChI is InChI=1S/C12H18O/c1-2-9(8-13)5-12-7-10-3-4-11(12)6-10/h5,8,10-12H,2-4,6-7H2,1H3/b9-5-. The molecular weight excluding hydrogens is 160 g/mol. The van der Waals surface area contributed by atoms with Gasteiger partial charge in [0.05, 0.1) is 0 Å². The van der Waals surface area contributed by atoms with Gasteiger partial charge in [-0.15, -0.1) is 0 Å². The van der Waals surface area contributed by atoms with E-state index in [4.69, 9.17) is 0 Å². The minimum absolute atomic E-state index is 0.735. The zero-order valence-corrected chi connectivity index (χ0v) is 8.33. The highest BCUT2D eigenvalue weighted by molar-refractivity contribution is 5.72. The monoisotopic (exact) mass is 178 g/mol. The van der Waals surface area contributed by atoms with Crippen molar-refractivity contribution >= 4 is 6.29 Å². The van der Waals surface area contributed by atoms with Gasteiger partial charge in [-0.3, -0.25) is 4.79 Å². The first kappa shape index (κ1) is 8.98. The molecule has 72 valence electrons. The molecule has 0 amide bonds. The molecule has 2 aliphatic rings. The lowest BCUT2D eigenvalue weighted by Crippen LogP contribution is -2.08. The number of rotatable bonds is 3. The number of hydrogen-bond acceptors (Lipinski definition) is 1. The molecule has 1 heteroatoms. The molecule has 0 aromatic carbocycles. The summed E-state index contributed by atoms with van der Waals surface area (Å²) in [4.78, 5) is 10.7. The lowest BCUT2D eigenvalue weighted by molar-refractivity contribution is -0.105. The number of carbonyl (C=O) groups is 1. The van der Waals surface area contributed by atoms with Crippen LogP contribution in [0.4, 0.5) is 0 Å². The predicted molar refractivity (Wildman–Crippen MR) is 53.4 cm³/mol. The third-order valence-corrected chi connectivity index (χ3v) is 3.78. The maximum Gasteiger partial charge on any atom is 0.145 e. The summed E-state index contributed by atoms with van der Waals surface area (Å²) < 4.78 is 0. The summed E-state index contributed by atoms with van der Waals surface area (Å²) in [5.41, 5.74) is 1.01. The van der Waals surface area contributed by atoms with Crippen molar-refractivity contribution in [1.82, 2.24) is 0 Å².